The first-order valence-corrected chi connectivity index (χ1v) is 6.85. The molecule has 2 rings (SSSR count). The number of thioether (sulfide) groups is 1. The van der Waals surface area contributed by atoms with Crippen LogP contribution in [0, 0.1) is 0 Å². The third-order valence-electron chi connectivity index (χ3n) is 2.79. The molecule has 1 aliphatic rings. The van der Waals surface area contributed by atoms with Gasteiger partial charge in [-0.25, -0.2) is 4.79 Å². The van der Waals surface area contributed by atoms with Gasteiger partial charge in [0.15, 0.2) is 0 Å². The van der Waals surface area contributed by atoms with Crippen molar-refractivity contribution in [3.05, 3.63) is 42.0 Å². The highest BCUT2D eigenvalue weighted by atomic mass is 32.2. The van der Waals surface area contributed by atoms with Crippen molar-refractivity contribution in [3.8, 4) is 0 Å². The number of methoxy groups -OCH3 is 1. The smallest absolute Gasteiger partial charge is 0.330 e. The third kappa shape index (κ3) is 3.61. The normalized spacial score (nSPS) is 17.2. The second kappa shape index (κ2) is 6.43. The minimum absolute atomic E-state index is 0.00397. The van der Waals surface area contributed by atoms with Crippen molar-refractivity contribution >= 4 is 23.6 Å². The molecule has 1 aromatic carbocycles. The van der Waals surface area contributed by atoms with Crippen molar-refractivity contribution in [2.45, 2.75) is 16.6 Å². The van der Waals surface area contributed by atoms with Crippen LogP contribution < -0.4 is 5.32 Å². The van der Waals surface area contributed by atoms with Gasteiger partial charge in [-0.05, 0) is 18.1 Å². The summed E-state index contributed by atoms with van der Waals surface area (Å²) in [6.45, 7) is 0.335. The highest BCUT2D eigenvalue weighted by Crippen LogP contribution is 2.36. The van der Waals surface area contributed by atoms with Gasteiger partial charge in [-0.3, -0.25) is 4.79 Å². The molecule has 0 bridgehead atoms. The molecule has 0 spiro atoms. The maximum absolute atomic E-state index is 11.9. The summed E-state index contributed by atoms with van der Waals surface area (Å²) in [6.07, 6.45) is 3.64. The molecule has 1 aliphatic heterocycles. The Bertz CT molecular complexity index is 488. The summed E-state index contributed by atoms with van der Waals surface area (Å²) in [5.74, 6) is -0.424. The molecule has 19 heavy (non-hydrogen) atoms. The number of carbonyl (C=O) groups excluding carboxylic acids is 2. The van der Waals surface area contributed by atoms with Gasteiger partial charge in [-0.1, -0.05) is 24.3 Å². The molecule has 1 aromatic rings. The maximum Gasteiger partial charge on any atom is 0.330 e. The molecular formula is C14H15NO3S. The summed E-state index contributed by atoms with van der Waals surface area (Å²) in [4.78, 5) is 24.0. The summed E-state index contributed by atoms with van der Waals surface area (Å²) < 4.78 is 4.46. The van der Waals surface area contributed by atoms with Crippen LogP contribution in [-0.2, 0) is 20.7 Å². The number of benzene rings is 1. The highest BCUT2D eigenvalue weighted by Gasteiger charge is 2.27. The van der Waals surface area contributed by atoms with E-state index in [4.69, 9.17) is 0 Å². The zero-order valence-electron chi connectivity index (χ0n) is 10.6. The Morgan fingerprint density at radius 2 is 2.26 bits per heavy atom. The molecule has 0 aromatic heterocycles. The SMILES string of the molecule is COC(=O)/C=C/CNC(=O)C1Cc2ccccc2S1. The molecule has 1 amide bonds. The Kier molecular flexibility index (Phi) is 4.63. The fraction of sp³-hybridized carbons (Fsp3) is 0.286. The quantitative estimate of drug-likeness (QED) is 0.670. The van der Waals surface area contributed by atoms with Crippen molar-refractivity contribution < 1.29 is 14.3 Å². The van der Waals surface area contributed by atoms with Gasteiger partial charge in [0.2, 0.25) is 5.91 Å². The summed E-state index contributed by atoms with van der Waals surface area (Å²) >= 11 is 1.59. The average molecular weight is 277 g/mol. The fourth-order valence-electron chi connectivity index (χ4n) is 1.82. The lowest BCUT2D eigenvalue weighted by Crippen LogP contribution is -2.32. The standard InChI is InChI=1S/C14H15NO3S/c1-18-13(16)7-4-8-15-14(17)12-9-10-5-2-3-6-11(10)19-12/h2-7,12H,8-9H2,1H3,(H,15,17)/b7-4+. The maximum atomic E-state index is 11.9. The van der Waals surface area contributed by atoms with E-state index in [1.807, 2.05) is 24.3 Å². The molecule has 0 saturated carbocycles. The number of fused-ring (bicyclic) bond motifs is 1. The first-order valence-electron chi connectivity index (χ1n) is 5.97. The molecule has 5 heteroatoms. The number of amides is 1. The zero-order valence-corrected chi connectivity index (χ0v) is 11.4. The minimum Gasteiger partial charge on any atom is -0.466 e. The van der Waals surface area contributed by atoms with Crippen molar-refractivity contribution in [3.63, 3.8) is 0 Å². The molecule has 1 atom stereocenters. The van der Waals surface area contributed by atoms with Gasteiger partial charge >= 0.3 is 5.97 Å². The Hall–Kier alpha value is -1.75. The van der Waals surface area contributed by atoms with Gasteiger partial charge in [-0.15, -0.1) is 11.8 Å². The highest BCUT2D eigenvalue weighted by molar-refractivity contribution is 8.01. The van der Waals surface area contributed by atoms with E-state index in [9.17, 15) is 9.59 Å². The van der Waals surface area contributed by atoms with E-state index >= 15 is 0 Å². The number of esters is 1. The summed E-state index contributed by atoms with van der Waals surface area (Å²) in [5.41, 5.74) is 1.22. The molecule has 0 aliphatic carbocycles. The Morgan fingerprint density at radius 1 is 1.47 bits per heavy atom. The van der Waals surface area contributed by atoms with Crippen molar-refractivity contribution in [1.82, 2.24) is 5.32 Å². The van der Waals surface area contributed by atoms with Crippen LogP contribution >= 0.6 is 11.8 Å². The van der Waals surface area contributed by atoms with Crippen molar-refractivity contribution in [2.75, 3.05) is 13.7 Å². The molecule has 0 saturated heterocycles. The molecule has 1 N–H and O–H groups in total. The lowest BCUT2D eigenvalue weighted by atomic mass is 10.1. The first kappa shape index (κ1) is 13.7. The summed E-state index contributed by atoms with van der Waals surface area (Å²) in [5, 5.41) is 2.70. The van der Waals surface area contributed by atoms with Crippen LogP contribution in [0.5, 0.6) is 0 Å². The third-order valence-corrected chi connectivity index (χ3v) is 4.11. The zero-order chi connectivity index (χ0) is 13.7. The molecule has 100 valence electrons. The van der Waals surface area contributed by atoms with Gasteiger partial charge in [0.1, 0.15) is 0 Å². The van der Waals surface area contributed by atoms with Gasteiger partial charge in [-0.2, -0.15) is 0 Å². The van der Waals surface area contributed by atoms with E-state index in [2.05, 4.69) is 10.1 Å². The van der Waals surface area contributed by atoms with Crippen LogP contribution in [-0.4, -0.2) is 30.8 Å². The van der Waals surface area contributed by atoms with Gasteiger partial charge in [0, 0.05) is 17.5 Å². The van der Waals surface area contributed by atoms with E-state index in [1.54, 1.807) is 17.8 Å². The van der Waals surface area contributed by atoms with Crippen molar-refractivity contribution in [1.29, 1.82) is 0 Å². The summed E-state index contributed by atoms with van der Waals surface area (Å²) in [7, 11) is 1.32. The van der Waals surface area contributed by atoms with E-state index in [0.717, 1.165) is 6.42 Å². The Labute approximate surface area is 116 Å². The fourth-order valence-corrected chi connectivity index (χ4v) is 3.04. The van der Waals surface area contributed by atoms with E-state index in [1.165, 1.54) is 23.6 Å². The minimum atomic E-state index is -0.420. The van der Waals surface area contributed by atoms with Gasteiger partial charge < -0.3 is 10.1 Å². The van der Waals surface area contributed by atoms with Crippen LogP contribution in [0.15, 0.2) is 41.3 Å². The van der Waals surface area contributed by atoms with E-state index in [0.29, 0.717) is 6.54 Å². The Morgan fingerprint density at radius 3 is 3.00 bits per heavy atom. The average Bonchev–Trinajstić information content (AvgIpc) is 2.87. The molecule has 4 nitrogen and oxygen atoms in total. The van der Waals surface area contributed by atoms with Crippen LogP contribution in [0.25, 0.3) is 0 Å². The van der Waals surface area contributed by atoms with E-state index < -0.39 is 5.97 Å². The number of rotatable bonds is 4. The summed E-state index contributed by atoms with van der Waals surface area (Å²) in [6, 6.07) is 8.04. The number of ether oxygens (including phenoxy) is 1. The van der Waals surface area contributed by atoms with Crippen LogP contribution in [0.2, 0.25) is 0 Å². The number of hydrogen-bond acceptors (Lipinski definition) is 4. The molecule has 1 unspecified atom stereocenters. The van der Waals surface area contributed by atoms with Gasteiger partial charge in [0.05, 0.1) is 12.4 Å². The largest absolute Gasteiger partial charge is 0.466 e. The monoisotopic (exact) mass is 277 g/mol. The van der Waals surface area contributed by atoms with Crippen LogP contribution in [0.4, 0.5) is 0 Å². The lowest BCUT2D eigenvalue weighted by molar-refractivity contribution is -0.134. The lowest BCUT2D eigenvalue weighted by Gasteiger charge is -2.07. The second-order valence-electron chi connectivity index (χ2n) is 4.09. The number of hydrogen-bond donors (Lipinski definition) is 1. The Balaban J connectivity index is 1.80. The van der Waals surface area contributed by atoms with Crippen LogP contribution in [0.3, 0.4) is 0 Å². The predicted octanol–water partition coefficient (Wildman–Crippen LogP) is 1.55. The van der Waals surface area contributed by atoms with Crippen LogP contribution in [0.1, 0.15) is 5.56 Å². The number of nitrogens with one attached hydrogen (secondary N) is 1. The van der Waals surface area contributed by atoms with E-state index in [-0.39, 0.29) is 11.2 Å². The molecule has 0 fully saturated rings. The predicted molar refractivity (Wildman–Crippen MR) is 74.0 cm³/mol. The van der Waals surface area contributed by atoms with Gasteiger partial charge in [0.25, 0.3) is 0 Å². The number of carbonyl (C=O) groups is 2. The molecule has 1 heterocycles. The molecular weight excluding hydrogens is 262 g/mol. The second-order valence-corrected chi connectivity index (χ2v) is 5.33. The first-order chi connectivity index (χ1) is 9.20. The topological polar surface area (TPSA) is 55.4 Å². The van der Waals surface area contributed by atoms with Crippen molar-refractivity contribution in [2.24, 2.45) is 0 Å². The molecule has 0 radical (unpaired) electrons.